The van der Waals surface area contributed by atoms with Gasteiger partial charge in [0.15, 0.2) is 24.6 Å². The van der Waals surface area contributed by atoms with Gasteiger partial charge in [0, 0.05) is 72.7 Å². The molecule has 0 aliphatic carbocycles. The number of carboxylic acid groups (broad SMARTS) is 1. The molecule has 19 nitrogen and oxygen atoms in total. The van der Waals surface area contributed by atoms with Crippen LogP contribution in [0.1, 0.15) is 234 Å². The number of carbonyl (C=O) groups excluding carboxylic acids is 5. The number of aliphatic carboxylic acids is 1. The van der Waals surface area contributed by atoms with Crippen molar-refractivity contribution in [1.82, 2.24) is 4.31 Å². The summed E-state index contributed by atoms with van der Waals surface area (Å²) in [5.41, 5.74) is 0.330. The predicted molar refractivity (Wildman–Crippen MR) is 310 cm³/mol. The molecule has 81 heavy (non-hydrogen) atoms. The van der Waals surface area contributed by atoms with Crippen molar-refractivity contribution in [1.29, 1.82) is 0 Å². The van der Waals surface area contributed by atoms with Crippen LogP contribution in [-0.2, 0) is 76.7 Å². The quantitative estimate of drug-likeness (QED) is 0.0350. The number of rotatable bonds is 50. The lowest BCUT2D eigenvalue weighted by Gasteiger charge is -2.44. The Balaban J connectivity index is 2.21. The van der Waals surface area contributed by atoms with E-state index < -0.39 is 82.6 Å². The average molecular weight is 1170 g/mol. The summed E-state index contributed by atoms with van der Waals surface area (Å²) in [5.74, 6) is -4.49. The number of hydrogen-bond donors (Lipinski definition) is 2. The lowest BCUT2D eigenvalue weighted by molar-refractivity contribution is -0.308. The summed E-state index contributed by atoms with van der Waals surface area (Å²) in [7, 11) is -4.12. The van der Waals surface area contributed by atoms with E-state index in [1.165, 1.54) is 151 Å². The average Bonchev–Trinajstić information content (AvgIpc) is 3.42. The van der Waals surface area contributed by atoms with Crippen molar-refractivity contribution in [2.75, 3.05) is 51.4 Å². The van der Waals surface area contributed by atoms with Crippen LogP contribution in [0.3, 0.4) is 0 Å². The predicted octanol–water partition coefficient (Wildman–Crippen LogP) is 11.9. The van der Waals surface area contributed by atoms with Crippen LogP contribution >= 0.6 is 0 Å². The molecule has 1 aliphatic rings. The third-order valence-corrected chi connectivity index (χ3v) is 16.0. The SMILES string of the molecule is CCCCCCCCCCCCCCOCC(CN(CCCCCCO[C@@H]1O[C@H](COC(C)=O)[C@H](OC(C)=O)[C@H](OC(C)=O)[C@H]1OC(C)=O)S(=O)(=O)c1ccc(NC(=O)CCC(=O)O)cc1)OCCCCCCCCCCCCCC. The van der Waals surface area contributed by atoms with Crippen LogP contribution in [0.5, 0.6) is 0 Å². The number of esters is 4. The smallest absolute Gasteiger partial charge is 0.303 e. The normalized spacial score (nSPS) is 17.6. The Labute approximate surface area is 485 Å². The first-order chi connectivity index (χ1) is 39.0. The van der Waals surface area contributed by atoms with Crippen LogP contribution < -0.4 is 5.32 Å². The second-order valence-electron chi connectivity index (χ2n) is 21.5. The molecule has 1 aromatic rings. The highest BCUT2D eigenvalue weighted by Gasteiger charge is 2.52. The maximum absolute atomic E-state index is 14.6. The fraction of sp³-hybridized carbons (Fsp3) is 0.803. The molecule has 0 aromatic heterocycles. The van der Waals surface area contributed by atoms with E-state index in [1.54, 1.807) is 0 Å². The van der Waals surface area contributed by atoms with Gasteiger partial charge < -0.3 is 48.3 Å². The minimum absolute atomic E-state index is 0.0152. The minimum atomic E-state index is -4.12. The number of carboxylic acids is 1. The number of hydrogen-bond acceptors (Lipinski definition) is 16. The minimum Gasteiger partial charge on any atom is -0.481 e. The summed E-state index contributed by atoms with van der Waals surface area (Å²) >= 11 is 0. The van der Waals surface area contributed by atoms with E-state index in [0.717, 1.165) is 59.3 Å². The van der Waals surface area contributed by atoms with Crippen LogP contribution in [0, 0.1) is 0 Å². The van der Waals surface area contributed by atoms with Crippen molar-refractivity contribution in [2.45, 2.75) is 276 Å². The number of nitrogens with one attached hydrogen (secondary N) is 1. The molecular formula is C61H104N2O17S. The van der Waals surface area contributed by atoms with Crippen LogP contribution in [0.4, 0.5) is 5.69 Å². The van der Waals surface area contributed by atoms with Crippen LogP contribution in [-0.4, -0.2) is 137 Å². The number of ether oxygens (including phenoxy) is 8. The first kappa shape index (κ1) is 72.9. The molecule has 1 saturated heterocycles. The fourth-order valence-electron chi connectivity index (χ4n) is 9.71. The molecule has 0 radical (unpaired) electrons. The molecular weight excluding hydrogens is 1060 g/mol. The molecule has 0 spiro atoms. The summed E-state index contributed by atoms with van der Waals surface area (Å²) in [5, 5.41) is 11.6. The first-order valence-corrected chi connectivity index (χ1v) is 32.2. The number of benzene rings is 1. The molecule has 1 fully saturated rings. The maximum Gasteiger partial charge on any atom is 0.303 e. The van der Waals surface area contributed by atoms with Gasteiger partial charge in [-0.3, -0.25) is 28.8 Å². The van der Waals surface area contributed by atoms with Crippen LogP contribution in [0.25, 0.3) is 0 Å². The molecule has 20 heteroatoms. The zero-order valence-electron chi connectivity index (χ0n) is 50.3. The summed E-state index contributed by atoms with van der Waals surface area (Å²) in [6, 6.07) is 5.81. The van der Waals surface area contributed by atoms with Gasteiger partial charge >= 0.3 is 29.8 Å². The van der Waals surface area contributed by atoms with Crippen LogP contribution in [0.15, 0.2) is 29.2 Å². The molecule has 0 saturated carbocycles. The van der Waals surface area contributed by atoms with Crippen LogP contribution in [0.2, 0.25) is 0 Å². The Bertz CT molecular complexity index is 1990. The van der Waals surface area contributed by atoms with E-state index in [-0.39, 0.29) is 50.6 Å². The molecule has 1 amide bonds. The van der Waals surface area contributed by atoms with Crippen molar-refractivity contribution < 1.29 is 80.2 Å². The van der Waals surface area contributed by atoms with E-state index in [4.69, 9.17) is 43.0 Å². The van der Waals surface area contributed by atoms with Crippen molar-refractivity contribution in [3.8, 4) is 0 Å². The number of carbonyl (C=O) groups is 6. The van der Waals surface area contributed by atoms with Gasteiger partial charge in [-0.2, -0.15) is 4.31 Å². The molecule has 1 heterocycles. The summed E-state index contributed by atoms with van der Waals surface area (Å²) in [6.45, 7) is 10.2. The van der Waals surface area contributed by atoms with Gasteiger partial charge in [-0.15, -0.1) is 0 Å². The highest BCUT2D eigenvalue weighted by atomic mass is 32.2. The van der Waals surface area contributed by atoms with Crippen molar-refractivity contribution in [2.24, 2.45) is 0 Å². The van der Waals surface area contributed by atoms with Crippen molar-refractivity contribution >= 4 is 51.5 Å². The summed E-state index contributed by atoms with van der Waals surface area (Å²) in [4.78, 5) is 72.0. The highest BCUT2D eigenvalue weighted by Crippen LogP contribution is 2.31. The molecule has 1 unspecified atom stereocenters. The Morgan fingerprint density at radius 2 is 1.02 bits per heavy atom. The second kappa shape index (κ2) is 45.3. The fourth-order valence-corrected chi connectivity index (χ4v) is 11.2. The monoisotopic (exact) mass is 1170 g/mol. The van der Waals surface area contributed by atoms with Gasteiger partial charge in [-0.25, -0.2) is 8.42 Å². The van der Waals surface area contributed by atoms with E-state index in [1.807, 2.05) is 0 Å². The molecule has 2 N–H and O–H groups in total. The van der Waals surface area contributed by atoms with E-state index >= 15 is 0 Å². The molecule has 0 bridgehead atoms. The molecule has 466 valence electrons. The van der Waals surface area contributed by atoms with Gasteiger partial charge in [0.05, 0.1) is 24.0 Å². The number of nitrogens with zero attached hydrogens (tertiary/aromatic N) is 1. The van der Waals surface area contributed by atoms with Gasteiger partial charge in [0.1, 0.15) is 12.7 Å². The van der Waals surface area contributed by atoms with Crippen molar-refractivity contribution in [3.63, 3.8) is 0 Å². The zero-order valence-corrected chi connectivity index (χ0v) is 51.1. The topological polar surface area (TPSA) is 246 Å². The van der Waals surface area contributed by atoms with E-state index in [0.29, 0.717) is 44.6 Å². The lowest BCUT2D eigenvalue weighted by Crippen LogP contribution is -2.63. The standard InChI is InChI=1S/C61H104N2O17S/c1-7-9-11-13-15-17-19-21-23-25-28-32-42-73-46-53(74-43-33-29-26-24-22-20-18-16-14-12-10-8-2)45-63(81(71,72)54-37-35-52(36-38-54)62-56(68)39-40-57(69)70)41-31-27-30-34-44-75-61-60(79-51(6)67)59(78-50(5)66)58(77-49(4)65)55(80-61)47-76-48(3)64/h35-38,53,55,58-61H,7-34,39-47H2,1-6H3,(H,62,68)(H,69,70)/t53?,55-,58+,59+,60-,61-/m1/s1. The Morgan fingerprint density at radius 1 is 0.568 bits per heavy atom. The Kier molecular flexibility index (Phi) is 40.7. The molecule has 1 aromatic carbocycles. The molecule has 6 atom stereocenters. The first-order valence-electron chi connectivity index (χ1n) is 30.7. The third-order valence-electron chi connectivity index (χ3n) is 14.1. The molecule has 1 aliphatic heterocycles. The number of anilines is 1. The van der Waals surface area contributed by atoms with E-state index in [2.05, 4.69) is 19.2 Å². The van der Waals surface area contributed by atoms with Gasteiger partial charge in [0.25, 0.3) is 0 Å². The Hall–Kier alpha value is -4.21. The van der Waals surface area contributed by atoms with Gasteiger partial charge in [0.2, 0.25) is 15.9 Å². The highest BCUT2D eigenvalue weighted by molar-refractivity contribution is 7.89. The van der Waals surface area contributed by atoms with E-state index in [9.17, 15) is 37.2 Å². The number of amides is 1. The summed E-state index contributed by atoms with van der Waals surface area (Å²) in [6.07, 6.45) is 23.6. The number of sulfonamides is 1. The van der Waals surface area contributed by atoms with Gasteiger partial charge in [-0.1, -0.05) is 168 Å². The zero-order chi connectivity index (χ0) is 59.5. The maximum atomic E-state index is 14.6. The third kappa shape index (κ3) is 34.9. The number of unbranched alkanes of at least 4 members (excludes halogenated alkanes) is 25. The summed E-state index contributed by atoms with van der Waals surface area (Å²) < 4.78 is 77.2. The largest absolute Gasteiger partial charge is 0.481 e. The van der Waals surface area contributed by atoms with Gasteiger partial charge in [-0.05, 0) is 49.9 Å². The lowest BCUT2D eigenvalue weighted by atomic mass is 9.98. The van der Waals surface area contributed by atoms with Crippen molar-refractivity contribution in [3.05, 3.63) is 24.3 Å². The Morgan fingerprint density at radius 3 is 1.52 bits per heavy atom. The second-order valence-corrected chi connectivity index (χ2v) is 23.5. The molecule has 2 rings (SSSR count).